The van der Waals surface area contributed by atoms with Crippen molar-refractivity contribution in [3.63, 3.8) is 0 Å². The number of aromatic nitrogens is 2. The van der Waals surface area contributed by atoms with Crippen LogP contribution in [0.3, 0.4) is 0 Å². The number of ether oxygens (including phenoxy) is 2. The highest BCUT2D eigenvalue weighted by Crippen LogP contribution is 2.35. The predicted molar refractivity (Wildman–Crippen MR) is 215 cm³/mol. The average Bonchev–Trinajstić information content (AvgIpc) is 3.75. The Balaban J connectivity index is 0.000000167. The molecule has 0 saturated carbocycles. The normalized spacial score (nSPS) is 15.3. The largest absolute Gasteiger partial charge is 0.491 e. The molecule has 0 aliphatic carbocycles. The zero-order valence-corrected chi connectivity index (χ0v) is 30.6. The number of carbonyl (C=O) groups excluding carboxylic acids is 2. The molecule has 0 saturated heterocycles. The molecule has 12 heteroatoms. The number of rotatable bonds is 8. The third kappa shape index (κ3) is 8.72. The number of para-hydroxylation sites is 2. The second kappa shape index (κ2) is 16.0. The van der Waals surface area contributed by atoms with Crippen LogP contribution in [0.25, 0.3) is 21.8 Å². The molecule has 0 spiro atoms. The van der Waals surface area contributed by atoms with E-state index < -0.39 is 0 Å². The quantitative estimate of drug-likeness (QED) is 0.0914. The Labute approximate surface area is 314 Å². The maximum Gasteiger partial charge on any atom is 0.319 e. The molecule has 4 aromatic carbocycles. The summed E-state index contributed by atoms with van der Waals surface area (Å²) in [5.74, 6) is 3.44. The summed E-state index contributed by atoms with van der Waals surface area (Å²) < 4.78 is 11.4. The van der Waals surface area contributed by atoms with Crippen molar-refractivity contribution in [1.82, 2.24) is 20.6 Å². The molecule has 2 aliphatic rings. The lowest BCUT2D eigenvalue weighted by molar-refractivity contribution is 0.249. The summed E-state index contributed by atoms with van der Waals surface area (Å²) in [6.45, 7) is 8.87. The topological polar surface area (TPSA) is 151 Å². The van der Waals surface area contributed by atoms with Crippen LogP contribution in [0.4, 0.5) is 32.6 Å². The number of amides is 4. The molecular weight excluding hydrogens is 681 g/mol. The molecule has 2 unspecified atom stereocenters. The highest BCUT2D eigenvalue weighted by Gasteiger charge is 2.25. The van der Waals surface area contributed by atoms with Gasteiger partial charge in [-0.25, -0.2) is 19.6 Å². The first-order valence-electron chi connectivity index (χ1n) is 18.1. The van der Waals surface area contributed by atoms with Crippen molar-refractivity contribution in [1.29, 1.82) is 0 Å². The first kappa shape index (κ1) is 35.8. The Morgan fingerprint density at radius 1 is 0.574 bits per heavy atom. The molecule has 276 valence electrons. The summed E-state index contributed by atoms with van der Waals surface area (Å²) in [6.07, 6.45) is 0. The van der Waals surface area contributed by atoms with Gasteiger partial charge in [0.2, 0.25) is 0 Å². The minimum atomic E-state index is -0.213. The maximum absolute atomic E-state index is 11.8. The molecule has 6 N–H and O–H groups in total. The number of hydrogen-bond donors (Lipinski definition) is 6. The number of nitrogens with zero attached hydrogens (tertiary/aromatic N) is 2. The van der Waals surface area contributed by atoms with E-state index in [9.17, 15) is 9.59 Å². The number of anilines is 4. The Morgan fingerprint density at radius 2 is 1.00 bits per heavy atom. The minimum absolute atomic E-state index is 0.0884. The van der Waals surface area contributed by atoms with E-state index in [0.717, 1.165) is 67.4 Å². The molecule has 8 rings (SSSR count). The van der Waals surface area contributed by atoms with Gasteiger partial charge in [-0.1, -0.05) is 36.4 Å². The van der Waals surface area contributed by atoms with Gasteiger partial charge in [-0.05, 0) is 100 Å². The van der Waals surface area contributed by atoms with Gasteiger partial charge in [0.25, 0.3) is 0 Å². The molecule has 4 heterocycles. The lowest BCUT2D eigenvalue weighted by atomic mass is 10.1. The number of pyridine rings is 2. The molecule has 0 fully saturated rings. The van der Waals surface area contributed by atoms with Crippen molar-refractivity contribution >= 4 is 56.9 Å². The third-order valence-corrected chi connectivity index (χ3v) is 8.78. The molecule has 0 bridgehead atoms. The number of urea groups is 2. The molecule has 4 amide bonds. The van der Waals surface area contributed by atoms with Crippen LogP contribution in [-0.2, 0) is 0 Å². The fraction of sp³-hybridized carbons (Fsp3) is 0.238. The smallest absolute Gasteiger partial charge is 0.319 e. The molecule has 2 aliphatic heterocycles. The van der Waals surface area contributed by atoms with E-state index in [-0.39, 0.29) is 36.2 Å². The van der Waals surface area contributed by atoms with Crippen molar-refractivity contribution in [3.05, 3.63) is 120 Å². The summed E-state index contributed by atoms with van der Waals surface area (Å²) in [4.78, 5) is 33.1. The number of nitrogens with one attached hydrogen (secondary N) is 6. The number of benzene rings is 4. The second-order valence-corrected chi connectivity index (χ2v) is 13.8. The van der Waals surface area contributed by atoms with Crippen LogP contribution >= 0.6 is 0 Å². The molecular formula is C42H44N8O4. The summed E-state index contributed by atoms with van der Waals surface area (Å²) in [6, 6.07) is 35.3. The lowest BCUT2D eigenvalue weighted by Crippen LogP contribution is -2.34. The van der Waals surface area contributed by atoms with Crippen molar-refractivity contribution in [3.8, 4) is 11.5 Å². The standard InChI is InChI=1S/2C21H22N4O2/c2*1-13(2)22-21(26)23-15-8-9-17-14(11-15)7-10-20(24-17)25-18-12-27-19-6-4-3-5-16(18)19/h2*3-11,13,18H,12H2,1-2H3,(H,24,25)(H2,22,23,26). The van der Waals surface area contributed by atoms with E-state index in [1.165, 1.54) is 0 Å². The van der Waals surface area contributed by atoms with Crippen molar-refractivity contribution in [2.24, 2.45) is 0 Å². The van der Waals surface area contributed by atoms with E-state index in [1.54, 1.807) is 0 Å². The summed E-state index contributed by atoms with van der Waals surface area (Å²) >= 11 is 0. The Kier molecular flexibility index (Phi) is 10.6. The lowest BCUT2D eigenvalue weighted by Gasteiger charge is -2.13. The van der Waals surface area contributed by atoms with Crippen LogP contribution in [-0.4, -0.2) is 47.3 Å². The first-order chi connectivity index (χ1) is 26.2. The average molecular weight is 725 g/mol. The zero-order chi connectivity index (χ0) is 37.6. The van der Waals surface area contributed by atoms with Crippen LogP contribution in [0.5, 0.6) is 11.5 Å². The van der Waals surface area contributed by atoms with Gasteiger partial charge in [0.1, 0.15) is 36.3 Å². The van der Waals surface area contributed by atoms with Gasteiger partial charge in [-0.2, -0.15) is 0 Å². The van der Waals surface area contributed by atoms with Crippen LogP contribution < -0.4 is 41.4 Å². The predicted octanol–water partition coefficient (Wildman–Crippen LogP) is 8.62. The first-order valence-corrected chi connectivity index (χ1v) is 18.1. The second-order valence-electron chi connectivity index (χ2n) is 13.8. The van der Waals surface area contributed by atoms with E-state index >= 15 is 0 Å². The fourth-order valence-electron chi connectivity index (χ4n) is 6.35. The van der Waals surface area contributed by atoms with Gasteiger partial charge in [0, 0.05) is 45.4 Å². The third-order valence-electron chi connectivity index (χ3n) is 8.78. The van der Waals surface area contributed by atoms with E-state index in [2.05, 4.69) is 54.0 Å². The van der Waals surface area contributed by atoms with Gasteiger partial charge in [0.15, 0.2) is 0 Å². The van der Waals surface area contributed by atoms with Crippen LogP contribution in [0, 0.1) is 0 Å². The molecule has 6 aromatic rings. The highest BCUT2D eigenvalue weighted by atomic mass is 16.5. The van der Waals surface area contributed by atoms with E-state index in [4.69, 9.17) is 9.47 Å². The van der Waals surface area contributed by atoms with E-state index in [0.29, 0.717) is 13.2 Å². The van der Waals surface area contributed by atoms with Gasteiger partial charge >= 0.3 is 12.1 Å². The highest BCUT2D eigenvalue weighted by molar-refractivity contribution is 5.94. The Morgan fingerprint density at radius 3 is 1.43 bits per heavy atom. The van der Waals surface area contributed by atoms with Crippen LogP contribution in [0.1, 0.15) is 50.9 Å². The molecule has 2 aromatic heterocycles. The summed E-state index contributed by atoms with van der Waals surface area (Å²) in [7, 11) is 0. The van der Waals surface area contributed by atoms with Gasteiger partial charge in [-0.3, -0.25) is 0 Å². The molecule has 0 radical (unpaired) electrons. The summed E-state index contributed by atoms with van der Waals surface area (Å²) in [5.41, 5.74) is 5.50. The fourth-order valence-corrected chi connectivity index (χ4v) is 6.35. The van der Waals surface area contributed by atoms with Gasteiger partial charge < -0.3 is 41.4 Å². The SMILES string of the molecule is CC(C)NC(=O)Nc1ccc2nc(NC3COc4ccccc43)ccc2c1.CC(C)NC(=O)Nc1ccc2nc(NC3COc4ccccc43)ccc2c1. The van der Waals surface area contributed by atoms with Crippen LogP contribution in [0.2, 0.25) is 0 Å². The zero-order valence-electron chi connectivity index (χ0n) is 30.6. The van der Waals surface area contributed by atoms with Crippen molar-refractivity contribution < 1.29 is 19.1 Å². The maximum atomic E-state index is 11.8. The van der Waals surface area contributed by atoms with Gasteiger partial charge in [-0.15, -0.1) is 0 Å². The number of carbonyl (C=O) groups is 2. The van der Waals surface area contributed by atoms with E-state index in [1.807, 2.05) is 125 Å². The molecule has 12 nitrogen and oxygen atoms in total. The molecule has 2 atom stereocenters. The Hall–Kier alpha value is -6.56. The van der Waals surface area contributed by atoms with Gasteiger partial charge in [0.05, 0.1) is 23.1 Å². The van der Waals surface area contributed by atoms with Crippen molar-refractivity contribution in [2.45, 2.75) is 51.9 Å². The number of hydrogen-bond acceptors (Lipinski definition) is 8. The van der Waals surface area contributed by atoms with Crippen LogP contribution in [0.15, 0.2) is 109 Å². The monoisotopic (exact) mass is 724 g/mol. The Bertz CT molecular complexity index is 2130. The number of fused-ring (bicyclic) bond motifs is 4. The van der Waals surface area contributed by atoms with Crippen molar-refractivity contribution in [2.75, 3.05) is 34.5 Å². The molecule has 54 heavy (non-hydrogen) atoms. The summed E-state index contributed by atoms with van der Waals surface area (Å²) in [5, 5.41) is 20.1. The minimum Gasteiger partial charge on any atom is -0.491 e.